The zero-order valence-electron chi connectivity index (χ0n) is 33.3. The van der Waals surface area contributed by atoms with Crippen molar-refractivity contribution in [1.29, 1.82) is 0 Å². The number of rotatable bonds is 12. The third-order valence-electron chi connectivity index (χ3n) is 9.92. The number of hydrogen-bond acceptors (Lipinski definition) is 23. The number of nitrogen functional groups attached to an aromatic ring is 2. The molecule has 0 saturated carbocycles. The molecule has 2 aromatic carbocycles. The molecule has 2 saturated heterocycles. The van der Waals surface area contributed by atoms with E-state index in [9.17, 15) is 57.1 Å². The number of phenolic OH excluding ortho intramolecular Hbond substituents is 2. The van der Waals surface area contributed by atoms with Crippen molar-refractivity contribution in [1.82, 2.24) is 43.5 Å². The Hall–Kier alpha value is -6.67. The number of carbonyl (C=O) groups is 2. The SMILES string of the molecule is Cc1cccc(O)c1C(=O)NS(=O)(=O)OC[C@H]1O[C@@H](n2cnc3c(N)ncnc32)[C@H](O)[C@@H]1O.Nc1ccnc2c1ncn2[C@@H]1O[C@H](COS(=O)(=O)NC(=O)c2ccc(O)cc2)[C@@H](O)[C@H]1O. The molecule has 2 fully saturated rings. The van der Waals surface area contributed by atoms with Gasteiger partial charge in [0.15, 0.2) is 29.6 Å². The molecule has 65 heavy (non-hydrogen) atoms. The number of aryl methyl sites for hydroxylation is 1. The minimum absolute atomic E-state index is 0.0265. The van der Waals surface area contributed by atoms with Crippen LogP contribution in [0.25, 0.3) is 22.3 Å². The molecule has 8 rings (SSSR count). The van der Waals surface area contributed by atoms with Crippen LogP contribution in [0.5, 0.6) is 11.5 Å². The van der Waals surface area contributed by atoms with Crippen molar-refractivity contribution in [3.63, 3.8) is 0 Å². The van der Waals surface area contributed by atoms with E-state index in [2.05, 4.69) is 24.9 Å². The van der Waals surface area contributed by atoms with Gasteiger partial charge in [-0.25, -0.2) is 34.4 Å². The number of carbonyl (C=O) groups excluding carboxylic acids is 2. The van der Waals surface area contributed by atoms with Crippen LogP contribution in [-0.4, -0.2) is 143 Å². The van der Waals surface area contributed by atoms with E-state index in [1.807, 2.05) is 0 Å². The van der Waals surface area contributed by atoms with Gasteiger partial charge in [-0.05, 0) is 48.9 Å². The molecule has 0 radical (unpaired) electrons. The Morgan fingerprint density at radius 3 is 1.82 bits per heavy atom. The van der Waals surface area contributed by atoms with Crippen molar-refractivity contribution in [2.24, 2.45) is 0 Å². The average Bonchev–Trinajstić information content (AvgIpc) is 4.01. The second-order valence-corrected chi connectivity index (χ2v) is 17.0. The highest BCUT2D eigenvalue weighted by Gasteiger charge is 2.46. The summed E-state index contributed by atoms with van der Waals surface area (Å²) in [5.74, 6) is -2.47. The molecule has 0 unspecified atom stereocenters. The Balaban J connectivity index is 0.000000194. The molecule has 6 heterocycles. The summed E-state index contributed by atoms with van der Waals surface area (Å²) >= 11 is 0. The molecule has 29 heteroatoms. The fraction of sp³-hybridized carbons (Fsp3) is 0.306. The highest BCUT2D eigenvalue weighted by atomic mass is 32.2. The maximum Gasteiger partial charge on any atom is 0.362 e. The molecule has 346 valence electrons. The van der Waals surface area contributed by atoms with Crippen LogP contribution >= 0.6 is 0 Å². The van der Waals surface area contributed by atoms with Crippen LogP contribution in [0.3, 0.4) is 0 Å². The lowest BCUT2D eigenvalue weighted by Crippen LogP contribution is -2.38. The van der Waals surface area contributed by atoms with E-state index in [0.717, 1.165) is 0 Å². The van der Waals surface area contributed by atoms with Crippen LogP contribution < -0.4 is 20.9 Å². The molecular weight excluding hydrogens is 907 g/mol. The summed E-state index contributed by atoms with van der Waals surface area (Å²) in [6.45, 7) is 0.112. The number of amides is 2. The maximum absolute atomic E-state index is 12.3. The number of nitrogens with one attached hydrogen (secondary N) is 2. The Labute approximate surface area is 366 Å². The lowest BCUT2D eigenvalue weighted by Gasteiger charge is -2.16. The molecule has 2 aliphatic heterocycles. The van der Waals surface area contributed by atoms with E-state index in [4.69, 9.17) is 29.3 Å². The summed E-state index contributed by atoms with van der Waals surface area (Å²) in [6, 6.07) is 10.7. The molecule has 2 amide bonds. The second-order valence-electron chi connectivity index (χ2n) is 14.3. The summed E-state index contributed by atoms with van der Waals surface area (Å²) in [7, 11) is -9.20. The number of benzene rings is 2. The predicted octanol–water partition coefficient (Wildman–Crippen LogP) is -2.24. The van der Waals surface area contributed by atoms with Crippen LogP contribution in [0.2, 0.25) is 0 Å². The first-order chi connectivity index (χ1) is 30.7. The Bertz CT molecular complexity index is 2940. The fourth-order valence-corrected chi connectivity index (χ4v) is 8.08. The van der Waals surface area contributed by atoms with Gasteiger partial charge in [-0.2, -0.15) is 16.8 Å². The molecule has 0 aliphatic carbocycles. The number of hydrogen-bond donors (Lipinski definition) is 10. The number of fused-ring (bicyclic) bond motifs is 2. The van der Waals surface area contributed by atoms with Gasteiger partial charge in [-0.1, -0.05) is 12.1 Å². The lowest BCUT2D eigenvalue weighted by molar-refractivity contribution is -0.0468. The first-order valence-corrected chi connectivity index (χ1v) is 21.6. The van der Waals surface area contributed by atoms with Crippen molar-refractivity contribution in [2.45, 2.75) is 56.0 Å². The number of aliphatic hydroxyl groups excluding tert-OH is 4. The van der Waals surface area contributed by atoms with E-state index >= 15 is 0 Å². The number of nitrogens with two attached hydrogens (primary N) is 2. The molecule has 27 nitrogen and oxygen atoms in total. The first kappa shape index (κ1) is 46.3. The molecular formula is C36H39N11O16S2. The van der Waals surface area contributed by atoms with Crippen LogP contribution in [0, 0.1) is 6.92 Å². The number of phenols is 2. The van der Waals surface area contributed by atoms with Gasteiger partial charge in [0.05, 0.1) is 37.1 Å². The van der Waals surface area contributed by atoms with Crippen LogP contribution in [0.1, 0.15) is 38.7 Å². The van der Waals surface area contributed by atoms with Crippen molar-refractivity contribution in [3.8, 4) is 11.5 Å². The third-order valence-corrected chi connectivity index (χ3v) is 11.7. The number of pyridine rings is 1. The number of ether oxygens (including phenoxy) is 2. The Kier molecular flexibility index (Phi) is 13.1. The molecule has 0 spiro atoms. The number of imidazole rings is 2. The van der Waals surface area contributed by atoms with Crippen LogP contribution in [0.4, 0.5) is 11.5 Å². The first-order valence-electron chi connectivity index (χ1n) is 18.8. The zero-order valence-corrected chi connectivity index (χ0v) is 35.0. The quantitative estimate of drug-likeness (QED) is 0.0620. The zero-order chi connectivity index (χ0) is 47.0. The molecule has 0 bridgehead atoms. The Morgan fingerprint density at radius 2 is 1.25 bits per heavy atom. The normalized spacial score (nSPS) is 23.3. The van der Waals surface area contributed by atoms with Gasteiger partial charge >= 0.3 is 20.6 Å². The number of aliphatic hydroxyl groups is 4. The van der Waals surface area contributed by atoms with E-state index in [1.165, 1.54) is 83.7 Å². The molecule has 8 atom stereocenters. The number of nitrogens with zero attached hydrogens (tertiary/aromatic N) is 7. The average molecular weight is 946 g/mol. The number of aromatic nitrogens is 7. The van der Waals surface area contributed by atoms with E-state index < -0.39 is 100 Å². The molecule has 12 N–H and O–H groups in total. The predicted molar refractivity (Wildman–Crippen MR) is 219 cm³/mol. The van der Waals surface area contributed by atoms with E-state index in [0.29, 0.717) is 22.4 Å². The van der Waals surface area contributed by atoms with Crippen molar-refractivity contribution >= 4 is 66.3 Å². The van der Waals surface area contributed by atoms with Crippen LogP contribution in [0.15, 0.2) is 73.7 Å². The van der Waals surface area contributed by atoms with Gasteiger partial charge in [0, 0.05) is 11.8 Å². The minimum atomic E-state index is -4.64. The summed E-state index contributed by atoms with van der Waals surface area (Å²) < 4.78 is 75.4. The highest BCUT2D eigenvalue weighted by Crippen LogP contribution is 2.34. The fourth-order valence-electron chi connectivity index (χ4n) is 6.66. The standard InChI is InChI=1S/C18H20N6O8S.C18H19N5O8S/c1-8-3-2-4-9(25)11(8)17(28)23-33(29,30)31-5-10-13(26)14(27)18(32-10)24-7-22-12-15(19)20-6-21-16(12)24;19-11-5-6-20-16-13(11)21-8-23(16)18-15(26)14(25)12(31-18)7-30-32(28,29)22-17(27)9-1-3-10(24)4-2-9/h2-4,6-7,10,13-14,18,25-27H,5H2,1H3,(H,23,28)(H2,19,20,21);1-6,8,12,14-15,18,24-26H,7H2,(H2,19,20)(H,22,27)/t10-,13-,14-,18-;12-,14-,15-,18-/m11/s1. The van der Waals surface area contributed by atoms with Gasteiger partial charge in [0.2, 0.25) is 0 Å². The number of aromatic hydroxyl groups is 2. The van der Waals surface area contributed by atoms with Gasteiger partial charge in [0.25, 0.3) is 11.8 Å². The molecule has 4 aromatic heterocycles. The smallest absolute Gasteiger partial charge is 0.362 e. The topological polar surface area (TPSA) is 411 Å². The summed E-state index contributed by atoms with van der Waals surface area (Å²) in [4.78, 5) is 44.5. The lowest BCUT2D eigenvalue weighted by atomic mass is 10.1. The van der Waals surface area contributed by atoms with E-state index in [1.54, 1.807) is 15.5 Å². The second kappa shape index (κ2) is 18.4. The third kappa shape index (κ3) is 9.87. The number of anilines is 2. The maximum atomic E-state index is 12.3. The highest BCUT2D eigenvalue weighted by molar-refractivity contribution is 7.85. The van der Waals surface area contributed by atoms with Crippen molar-refractivity contribution < 1.29 is 74.9 Å². The van der Waals surface area contributed by atoms with E-state index in [-0.39, 0.29) is 33.9 Å². The van der Waals surface area contributed by atoms with Crippen molar-refractivity contribution in [2.75, 3.05) is 24.7 Å². The largest absolute Gasteiger partial charge is 0.508 e. The minimum Gasteiger partial charge on any atom is -0.508 e. The molecule has 2 aliphatic rings. The van der Waals surface area contributed by atoms with Crippen molar-refractivity contribution in [3.05, 3.63) is 90.4 Å². The Morgan fingerprint density at radius 1 is 0.708 bits per heavy atom. The summed E-state index contributed by atoms with van der Waals surface area (Å²) in [6.07, 6.45) is -5.54. The monoisotopic (exact) mass is 945 g/mol. The van der Waals surface area contributed by atoms with Crippen LogP contribution in [-0.2, 0) is 38.4 Å². The van der Waals surface area contributed by atoms with Gasteiger partial charge in [-0.15, -0.1) is 0 Å². The van der Waals surface area contributed by atoms with Gasteiger partial charge in [0.1, 0.15) is 65.5 Å². The summed E-state index contributed by atoms with van der Waals surface area (Å²) in [5, 5.41) is 60.5. The summed E-state index contributed by atoms with van der Waals surface area (Å²) in [5.41, 5.74) is 13.2. The van der Waals surface area contributed by atoms with Gasteiger partial charge in [-0.3, -0.25) is 27.1 Å². The van der Waals surface area contributed by atoms with Gasteiger partial charge < -0.3 is 51.6 Å². The molecule has 6 aromatic rings.